The van der Waals surface area contributed by atoms with Gasteiger partial charge in [-0.3, -0.25) is 9.69 Å². The van der Waals surface area contributed by atoms with E-state index in [1.807, 2.05) is 35.2 Å². The van der Waals surface area contributed by atoms with Gasteiger partial charge < -0.3 is 14.5 Å². The maximum atomic E-state index is 13.4. The van der Waals surface area contributed by atoms with Crippen molar-refractivity contribution in [1.82, 2.24) is 14.8 Å². The number of hydrogen-bond acceptors (Lipinski definition) is 5. The third-order valence-electron chi connectivity index (χ3n) is 7.40. The highest BCUT2D eigenvalue weighted by Gasteiger charge is 2.44. The number of hydrogen-bond donors (Lipinski definition) is 0. The first-order valence-corrected chi connectivity index (χ1v) is 12.9. The molecule has 2 aliphatic heterocycles. The highest BCUT2D eigenvalue weighted by atomic mass is 16.5. The maximum absolute atomic E-state index is 13.4. The van der Waals surface area contributed by atoms with E-state index in [0.29, 0.717) is 13.2 Å². The van der Waals surface area contributed by atoms with Gasteiger partial charge in [0.2, 0.25) is 5.91 Å². The summed E-state index contributed by atoms with van der Waals surface area (Å²) in [6.07, 6.45) is 2.70. The molecule has 6 nitrogen and oxygen atoms in total. The molecule has 1 amide bonds. The Morgan fingerprint density at radius 2 is 1.72 bits per heavy atom. The molecule has 0 unspecified atom stereocenters. The van der Waals surface area contributed by atoms with E-state index in [1.165, 1.54) is 11.1 Å². The smallest absolute Gasteiger partial charge is 0.240 e. The summed E-state index contributed by atoms with van der Waals surface area (Å²) in [4.78, 5) is 24.8. The van der Waals surface area contributed by atoms with Crippen molar-refractivity contribution in [2.45, 2.75) is 51.9 Å². The fraction of sp³-hybridized carbons (Fsp3) is 0.400. The van der Waals surface area contributed by atoms with Gasteiger partial charge >= 0.3 is 0 Å². The van der Waals surface area contributed by atoms with E-state index in [2.05, 4.69) is 72.0 Å². The van der Waals surface area contributed by atoms with Crippen LogP contribution in [0.3, 0.4) is 0 Å². The lowest BCUT2D eigenvalue weighted by molar-refractivity contribution is -0.134. The van der Waals surface area contributed by atoms with E-state index in [1.54, 1.807) is 6.20 Å². The minimum atomic E-state index is -0.136. The monoisotopic (exact) mass is 484 g/mol. The standard InChI is InChI=1S/C30H36N4O2/c1-23-9-11-24(12-10-23)20-32-16-15-27(29(32)35)34-18-17-33(22-30(34,2)3)28-14-13-26(19-31-28)36-21-25-7-5-4-6-8-25/h4-14,19,27H,15-18,20-22H2,1-3H3/t27-/m1/s1. The van der Waals surface area contributed by atoms with Crippen molar-refractivity contribution in [2.24, 2.45) is 0 Å². The molecule has 2 aliphatic rings. The van der Waals surface area contributed by atoms with Crippen LogP contribution in [0.2, 0.25) is 0 Å². The summed E-state index contributed by atoms with van der Waals surface area (Å²) in [6.45, 7) is 11.1. The molecule has 2 aromatic carbocycles. The molecule has 0 N–H and O–H groups in total. The van der Waals surface area contributed by atoms with Gasteiger partial charge in [0.1, 0.15) is 18.2 Å². The number of piperazine rings is 1. The van der Waals surface area contributed by atoms with Crippen molar-refractivity contribution in [3.63, 3.8) is 0 Å². The predicted octanol–water partition coefficient (Wildman–Crippen LogP) is 4.67. The lowest BCUT2D eigenvalue weighted by Crippen LogP contribution is -2.63. The topological polar surface area (TPSA) is 48.9 Å². The first kappa shape index (κ1) is 24.3. The van der Waals surface area contributed by atoms with E-state index in [9.17, 15) is 4.79 Å². The first-order chi connectivity index (χ1) is 17.4. The van der Waals surface area contributed by atoms with Crippen LogP contribution in [0, 0.1) is 6.92 Å². The molecule has 0 spiro atoms. The van der Waals surface area contributed by atoms with Gasteiger partial charge in [0, 0.05) is 38.3 Å². The highest BCUT2D eigenvalue weighted by Crippen LogP contribution is 2.31. The molecule has 6 heteroatoms. The number of nitrogens with zero attached hydrogens (tertiary/aromatic N) is 4. The molecule has 0 bridgehead atoms. The van der Waals surface area contributed by atoms with Gasteiger partial charge in [-0.05, 0) is 50.5 Å². The minimum Gasteiger partial charge on any atom is -0.487 e. The van der Waals surface area contributed by atoms with Gasteiger partial charge in [-0.1, -0.05) is 60.2 Å². The van der Waals surface area contributed by atoms with Crippen LogP contribution < -0.4 is 9.64 Å². The van der Waals surface area contributed by atoms with E-state index in [0.717, 1.165) is 49.7 Å². The fourth-order valence-electron chi connectivity index (χ4n) is 5.41. The normalized spacial score (nSPS) is 20.1. The zero-order valence-electron chi connectivity index (χ0n) is 21.6. The molecular formula is C30H36N4O2. The van der Waals surface area contributed by atoms with Crippen LogP contribution in [0.15, 0.2) is 72.9 Å². The van der Waals surface area contributed by atoms with Crippen molar-refractivity contribution in [3.8, 4) is 5.75 Å². The second-order valence-electron chi connectivity index (χ2n) is 10.6. The van der Waals surface area contributed by atoms with E-state index in [-0.39, 0.29) is 17.5 Å². The molecule has 2 fully saturated rings. The minimum absolute atomic E-state index is 0.0469. The van der Waals surface area contributed by atoms with Crippen molar-refractivity contribution >= 4 is 11.7 Å². The van der Waals surface area contributed by atoms with Crippen LogP contribution in [-0.2, 0) is 17.9 Å². The van der Waals surface area contributed by atoms with E-state index < -0.39 is 0 Å². The van der Waals surface area contributed by atoms with Crippen molar-refractivity contribution in [3.05, 3.63) is 89.6 Å². The SMILES string of the molecule is Cc1ccc(CN2CC[C@@H](N3CCN(c4ccc(OCc5ccccc5)cn4)CC3(C)C)C2=O)cc1. The Bertz CT molecular complexity index is 1160. The number of benzene rings is 2. The number of aromatic nitrogens is 1. The molecule has 5 rings (SSSR count). The highest BCUT2D eigenvalue weighted by molar-refractivity contribution is 5.84. The summed E-state index contributed by atoms with van der Waals surface area (Å²) in [6, 6.07) is 22.6. The number of amides is 1. The van der Waals surface area contributed by atoms with Crippen LogP contribution in [0.1, 0.15) is 37.0 Å². The van der Waals surface area contributed by atoms with Gasteiger partial charge in [-0.25, -0.2) is 4.98 Å². The summed E-state index contributed by atoms with van der Waals surface area (Å²) in [5.41, 5.74) is 3.44. The van der Waals surface area contributed by atoms with Gasteiger partial charge in [-0.2, -0.15) is 0 Å². The van der Waals surface area contributed by atoms with Crippen LogP contribution in [0.4, 0.5) is 5.82 Å². The van der Waals surface area contributed by atoms with Crippen molar-refractivity contribution in [2.75, 3.05) is 31.1 Å². The molecule has 36 heavy (non-hydrogen) atoms. The molecule has 1 atom stereocenters. The summed E-state index contributed by atoms with van der Waals surface area (Å²) >= 11 is 0. The summed E-state index contributed by atoms with van der Waals surface area (Å²) in [5.74, 6) is 1.98. The molecular weight excluding hydrogens is 448 g/mol. The lowest BCUT2D eigenvalue weighted by atomic mass is 9.95. The number of likely N-dealkylation sites (tertiary alicyclic amines) is 1. The average Bonchev–Trinajstić information content (AvgIpc) is 3.24. The molecule has 0 aliphatic carbocycles. The number of pyridine rings is 1. The molecule has 1 aromatic heterocycles. The number of anilines is 1. The average molecular weight is 485 g/mol. The zero-order chi connectivity index (χ0) is 25.1. The molecule has 3 heterocycles. The Hall–Kier alpha value is -3.38. The van der Waals surface area contributed by atoms with Gasteiger partial charge in [0.05, 0.1) is 12.2 Å². The third kappa shape index (κ3) is 5.39. The summed E-state index contributed by atoms with van der Waals surface area (Å²) < 4.78 is 5.90. The Kier molecular flexibility index (Phi) is 6.97. The number of aryl methyl sites for hydroxylation is 1. The molecule has 3 aromatic rings. The van der Waals surface area contributed by atoms with E-state index >= 15 is 0 Å². The number of ether oxygens (including phenoxy) is 1. The van der Waals surface area contributed by atoms with E-state index in [4.69, 9.17) is 4.74 Å². The lowest BCUT2D eigenvalue weighted by Gasteiger charge is -2.49. The second-order valence-corrected chi connectivity index (χ2v) is 10.6. The van der Waals surface area contributed by atoms with Crippen LogP contribution in [-0.4, -0.2) is 58.5 Å². The number of carbonyl (C=O) groups excluding carboxylic acids is 1. The molecule has 2 saturated heterocycles. The van der Waals surface area contributed by atoms with Gasteiger partial charge in [0.15, 0.2) is 0 Å². The van der Waals surface area contributed by atoms with Gasteiger partial charge in [0.25, 0.3) is 0 Å². The van der Waals surface area contributed by atoms with Crippen molar-refractivity contribution < 1.29 is 9.53 Å². The van der Waals surface area contributed by atoms with Crippen LogP contribution >= 0.6 is 0 Å². The molecule has 0 saturated carbocycles. The van der Waals surface area contributed by atoms with Gasteiger partial charge in [-0.15, -0.1) is 0 Å². The largest absolute Gasteiger partial charge is 0.487 e. The Balaban J connectivity index is 1.18. The summed E-state index contributed by atoms with van der Waals surface area (Å²) in [5, 5.41) is 0. The Morgan fingerprint density at radius 3 is 2.42 bits per heavy atom. The maximum Gasteiger partial charge on any atom is 0.240 e. The predicted molar refractivity (Wildman–Crippen MR) is 143 cm³/mol. The Morgan fingerprint density at radius 1 is 0.944 bits per heavy atom. The van der Waals surface area contributed by atoms with Crippen molar-refractivity contribution in [1.29, 1.82) is 0 Å². The van der Waals surface area contributed by atoms with Crippen LogP contribution in [0.5, 0.6) is 5.75 Å². The Labute approximate surface area is 214 Å². The number of rotatable bonds is 7. The fourth-order valence-corrected chi connectivity index (χ4v) is 5.41. The zero-order valence-corrected chi connectivity index (χ0v) is 21.6. The summed E-state index contributed by atoms with van der Waals surface area (Å²) in [7, 11) is 0. The number of carbonyl (C=O) groups is 1. The molecule has 0 radical (unpaired) electrons. The molecule has 188 valence electrons. The quantitative estimate of drug-likeness (QED) is 0.488. The third-order valence-corrected chi connectivity index (χ3v) is 7.40. The van der Waals surface area contributed by atoms with Crippen LogP contribution in [0.25, 0.3) is 0 Å². The first-order valence-electron chi connectivity index (χ1n) is 12.9. The second kappa shape index (κ2) is 10.3.